The van der Waals surface area contributed by atoms with Gasteiger partial charge in [-0.25, -0.2) is 4.68 Å². The van der Waals surface area contributed by atoms with Crippen LogP contribution >= 0.6 is 0 Å². The summed E-state index contributed by atoms with van der Waals surface area (Å²) in [6.07, 6.45) is 3.24. The van der Waals surface area contributed by atoms with E-state index < -0.39 is 0 Å². The zero-order valence-corrected chi connectivity index (χ0v) is 16.3. The number of hydrogen-bond donors (Lipinski definition) is 1. The maximum absolute atomic E-state index is 12.9. The van der Waals surface area contributed by atoms with Crippen LogP contribution in [-0.2, 0) is 0 Å². The molecule has 1 amide bonds. The van der Waals surface area contributed by atoms with Crippen molar-refractivity contribution in [2.75, 3.05) is 6.54 Å². The number of carbonyl (C=O) groups excluding carboxylic acids is 1. The molecule has 0 bridgehead atoms. The van der Waals surface area contributed by atoms with E-state index in [2.05, 4.69) is 38.2 Å². The third-order valence-electron chi connectivity index (χ3n) is 4.66. The number of nitrogens with one attached hydrogen (secondary N) is 1. The minimum absolute atomic E-state index is 0.0826. The van der Waals surface area contributed by atoms with E-state index in [0.29, 0.717) is 12.2 Å². The molecule has 0 spiro atoms. The molecule has 4 nitrogen and oxygen atoms in total. The Labute approximate surface area is 161 Å². The fourth-order valence-electron chi connectivity index (χ4n) is 3.19. The Bertz CT molecular complexity index is 913. The first kappa shape index (κ1) is 18.9. The number of rotatable bonds is 7. The normalized spacial score (nSPS) is 10.8. The summed E-state index contributed by atoms with van der Waals surface area (Å²) in [5, 5.41) is 7.80. The maximum Gasteiger partial charge on any atom is 0.270 e. The molecule has 3 rings (SSSR count). The summed E-state index contributed by atoms with van der Waals surface area (Å²) in [4.78, 5) is 12.9. The van der Waals surface area contributed by atoms with E-state index in [1.54, 1.807) is 4.68 Å². The fraction of sp³-hybridized carbons (Fsp3) is 0.304. The van der Waals surface area contributed by atoms with Gasteiger partial charge in [-0.3, -0.25) is 4.79 Å². The predicted molar refractivity (Wildman–Crippen MR) is 110 cm³/mol. The summed E-state index contributed by atoms with van der Waals surface area (Å²) < 4.78 is 1.77. The average Bonchev–Trinajstić information content (AvgIpc) is 3.11. The minimum atomic E-state index is -0.0826. The van der Waals surface area contributed by atoms with Gasteiger partial charge in [-0.2, -0.15) is 5.10 Å². The van der Waals surface area contributed by atoms with E-state index in [0.717, 1.165) is 41.8 Å². The third kappa shape index (κ3) is 4.45. The molecule has 4 heteroatoms. The van der Waals surface area contributed by atoms with Gasteiger partial charge >= 0.3 is 0 Å². The third-order valence-corrected chi connectivity index (χ3v) is 4.66. The number of nitrogens with zero attached hydrogens (tertiary/aromatic N) is 2. The Hall–Kier alpha value is -2.88. The van der Waals surface area contributed by atoms with E-state index in [9.17, 15) is 4.79 Å². The van der Waals surface area contributed by atoms with Crippen LogP contribution < -0.4 is 5.32 Å². The summed E-state index contributed by atoms with van der Waals surface area (Å²) >= 11 is 0. The van der Waals surface area contributed by atoms with E-state index in [1.165, 1.54) is 5.56 Å². The Balaban J connectivity index is 1.99. The van der Waals surface area contributed by atoms with Gasteiger partial charge in [0.1, 0.15) is 5.69 Å². The molecule has 0 aliphatic heterocycles. The highest BCUT2D eigenvalue weighted by molar-refractivity contribution is 5.94. The molecule has 27 heavy (non-hydrogen) atoms. The molecule has 0 radical (unpaired) electrons. The summed E-state index contributed by atoms with van der Waals surface area (Å²) in [5.74, 6) is -0.0826. The molecule has 0 atom stereocenters. The summed E-state index contributed by atoms with van der Waals surface area (Å²) in [6.45, 7) is 6.96. The molecule has 1 heterocycles. The lowest BCUT2D eigenvalue weighted by molar-refractivity contribution is 0.0945. The van der Waals surface area contributed by atoms with Crippen LogP contribution in [0.4, 0.5) is 0 Å². The molecule has 0 saturated carbocycles. The van der Waals surface area contributed by atoms with E-state index in [-0.39, 0.29) is 5.91 Å². The Morgan fingerprint density at radius 2 is 1.81 bits per heavy atom. The molecule has 3 aromatic rings. The molecule has 0 aliphatic rings. The van der Waals surface area contributed by atoms with Crippen molar-refractivity contribution in [3.05, 3.63) is 71.4 Å². The number of benzene rings is 2. The Morgan fingerprint density at radius 3 is 2.52 bits per heavy atom. The van der Waals surface area contributed by atoms with E-state index in [1.807, 2.05) is 42.5 Å². The van der Waals surface area contributed by atoms with Gasteiger partial charge in [-0.1, -0.05) is 67.8 Å². The maximum atomic E-state index is 12.9. The second-order valence-electron chi connectivity index (χ2n) is 6.95. The number of aromatic nitrogens is 2. The lowest BCUT2D eigenvalue weighted by Gasteiger charge is -2.11. The topological polar surface area (TPSA) is 46.9 Å². The molecule has 1 N–H and O–H groups in total. The SMILES string of the molecule is CCCCCNC(=O)c1cc(-c2ccccc2)nn1-c1ccc(C)cc1C. The number of carbonyl (C=O) groups is 1. The smallest absolute Gasteiger partial charge is 0.270 e. The monoisotopic (exact) mass is 361 g/mol. The van der Waals surface area contributed by atoms with Crippen molar-refractivity contribution in [1.29, 1.82) is 0 Å². The molecule has 140 valence electrons. The molecular weight excluding hydrogens is 334 g/mol. The van der Waals surface area contributed by atoms with Gasteiger partial charge in [-0.05, 0) is 38.0 Å². The molecule has 0 unspecified atom stereocenters. The molecule has 0 fully saturated rings. The van der Waals surface area contributed by atoms with Gasteiger partial charge < -0.3 is 5.32 Å². The number of amides is 1. The van der Waals surface area contributed by atoms with Crippen molar-refractivity contribution in [2.45, 2.75) is 40.0 Å². The Morgan fingerprint density at radius 1 is 1.04 bits per heavy atom. The van der Waals surface area contributed by atoms with Crippen LogP contribution in [0.25, 0.3) is 16.9 Å². The lowest BCUT2D eigenvalue weighted by atomic mass is 10.1. The van der Waals surface area contributed by atoms with Crippen LogP contribution in [-0.4, -0.2) is 22.2 Å². The fourth-order valence-corrected chi connectivity index (χ4v) is 3.19. The van der Waals surface area contributed by atoms with Crippen LogP contribution in [0.3, 0.4) is 0 Å². The zero-order chi connectivity index (χ0) is 19.2. The highest BCUT2D eigenvalue weighted by atomic mass is 16.2. The Kier molecular flexibility index (Phi) is 6.07. The number of unbranched alkanes of at least 4 members (excludes halogenated alkanes) is 2. The van der Waals surface area contributed by atoms with E-state index >= 15 is 0 Å². The van der Waals surface area contributed by atoms with Crippen LogP contribution in [0, 0.1) is 13.8 Å². The van der Waals surface area contributed by atoms with Crippen LogP contribution in [0.15, 0.2) is 54.6 Å². The highest BCUT2D eigenvalue weighted by Gasteiger charge is 2.18. The summed E-state index contributed by atoms with van der Waals surface area (Å²) in [6, 6.07) is 18.0. The molecule has 0 saturated heterocycles. The molecule has 2 aromatic carbocycles. The van der Waals surface area contributed by atoms with Crippen molar-refractivity contribution in [1.82, 2.24) is 15.1 Å². The van der Waals surface area contributed by atoms with Crippen molar-refractivity contribution in [3.63, 3.8) is 0 Å². The van der Waals surface area contributed by atoms with Crippen LogP contribution in [0.1, 0.15) is 47.8 Å². The van der Waals surface area contributed by atoms with Gasteiger partial charge in [-0.15, -0.1) is 0 Å². The van der Waals surface area contributed by atoms with Crippen molar-refractivity contribution < 1.29 is 4.79 Å². The first-order valence-corrected chi connectivity index (χ1v) is 9.61. The van der Waals surface area contributed by atoms with Gasteiger partial charge in [0, 0.05) is 12.1 Å². The lowest BCUT2D eigenvalue weighted by Crippen LogP contribution is -2.27. The predicted octanol–water partition coefficient (Wildman–Crippen LogP) is 5.08. The first-order chi connectivity index (χ1) is 13.1. The van der Waals surface area contributed by atoms with Gasteiger partial charge in [0.25, 0.3) is 5.91 Å². The van der Waals surface area contributed by atoms with Gasteiger partial charge in [0.2, 0.25) is 0 Å². The van der Waals surface area contributed by atoms with Gasteiger partial charge in [0.05, 0.1) is 11.4 Å². The molecule has 1 aromatic heterocycles. The second-order valence-corrected chi connectivity index (χ2v) is 6.95. The largest absolute Gasteiger partial charge is 0.351 e. The first-order valence-electron chi connectivity index (χ1n) is 9.61. The van der Waals surface area contributed by atoms with Gasteiger partial charge in [0.15, 0.2) is 0 Å². The van der Waals surface area contributed by atoms with E-state index in [4.69, 9.17) is 5.10 Å². The summed E-state index contributed by atoms with van der Waals surface area (Å²) in [5.41, 5.74) is 5.59. The van der Waals surface area contributed by atoms with Crippen LogP contribution in [0.5, 0.6) is 0 Å². The second kappa shape index (κ2) is 8.67. The molecule has 0 aliphatic carbocycles. The number of hydrogen-bond acceptors (Lipinski definition) is 2. The van der Waals surface area contributed by atoms with Crippen molar-refractivity contribution in [3.8, 4) is 16.9 Å². The molecular formula is C23H27N3O. The average molecular weight is 361 g/mol. The summed E-state index contributed by atoms with van der Waals surface area (Å²) in [7, 11) is 0. The number of aryl methyl sites for hydroxylation is 2. The van der Waals surface area contributed by atoms with Crippen LogP contribution in [0.2, 0.25) is 0 Å². The standard InChI is InChI=1S/C23H27N3O/c1-4-5-9-14-24-23(27)22-16-20(19-10-7-6-8-11-19)25-26(22)21-13-12-17(2)15-18(21)3/h6-8,10-13,15-16H,4-5,9,14H2,1-3H3,(H,24,27). The highest BCUT2D eigenvalue weighted by Crippen LogP contribution is 2.23. The van der Waals surface area contributed by atoms with Crippen molar-refractivity contribution in [2.24, 2.45) is 0 Å². The quantitative estimate of drug-likeness (QED) is 0.597. The van der Waals surface area contributed by atoms with Crippen molar-refractivity contribution >= 4 is 5.91 Å². The minimum Gasteiger partial charge on any atom is -0.351 e. The zero-order valence-electron chi connectivity index (χ0n) is 16.3.